The molecule has 0 amide bonds. The van der Waals surface area contributed by atoms with Crippen LogP contribution in [0.1, 0.15) is 12.8 Å². The molecule has 0 unspecified atom stereocenters. The largest absolute Gasteiger partial charge is 0.494 e. The molecule has 0 radical (unpaired) electrons. The van der Waals surface area contributed by atoms with Crippen molar-refractivity contribution in [3.8, 4) is 5.75 Å². The molecule has 2 rings (SSSR count). The van der Waals surface area contributed by atoms with Crippen LogP contribution in [0.2, 0.25) is 10.0 Å². The molecule has 4 nitrogen and oxygen atoms in total. The number of hydrogen-bond donors (Lipinski definition) is 1. The van der Waals surface area contributed by atoms with Gasteiger partial charge in [-0.15, -0.1) is 0 Å². The molecule has 0 aliphatic rings. The summed E-state index contributed by atoms with van der Waals surface area (Å²) in [7, 11) is -3.57. The van der Waals surface area contributed by atoms with Crippen molar-refractivity contribution in [3.05, 3.63) is 58.6 Å². The van der Waals surface area contributed by atoms with Gasteiger partial charge in [-0.3, -0.25) is 0 Å². The summed E-state index contributed by atoms with van der Waals surface area (Å²) in [6.45, 7) is 0.840. The Labute approximate surface area is 146 Å². The molecule has 0 saturated carbocycles. The summed E-state index contributed by atoms with van der Waals surface area (Å²) in [4.78, 5) is 0.0964. The molecule has 0 aromatic heterocycles. The molecule has 2 aromatic carbocycles. The summed E-state index contributed by atoms with van der Waals surface area (Å²) < 4.78 is 32.3. The molecule has 2 aromatic rings. The third-order valence-corrected chi connectivity index (χ3v) is 5.28. The van der Waals surface area contributed by atoms with Crippen molar-refractivity contribution in [1.29, 1.82) is 0 Å². The van der Waals surface area contributed by atoms with E-state index in [0.29, 0.717) is 24.6 Å². The topological polar surface area (TPSA) is 55.4 Å². The third kappa shape index (κ3) is 5.70. The first-order valence-electron chi connectivity index (χ1n) is 7.11. The van der Waals surface area contributed by atoms with Crippen LogP contribution in [-0.2, 0) is 10.0 Å². The minimum Gasteiger partial charge on any atom is -0.494 e. The number of benzene rings is 2. The Morgan fingerprint density at radius 1 is 0.957 bits per heavy atom. The number of unbranched alkanes of at least 4 members (excludes halogenated alkanes) is 1. The van der Waals surface area contributed by atoms with Gasteiger partial charge >= 0.3 is 0 Å². The second-order valence-corrected chi connectivity index (χ2v) is 7.42. The molecule has 7 heteroatoms. The quantitative estimate of drug-likeness (QED) is 0.707. The molecule has 0 aliphatic carbocycles. The van der Waals surface area contributed by atoms with E-state index in [-0.39, 0.29) is 9.92 Å². The van der Waals surface area contributed by atoms with Gasteiger partial charge in [0.2, 0.25) is 10.0 Å². The van der Waals surface area contributed by atoms with Crippen LogP contribution in [0, 0.1) is 0 Å². The van der Waals surface area contributed by atoms with Gasteiger partial charge in [0.25, 0.3) is 0 Å². The second-order valence-electron chi connectivity index (χ2n) is 4.84. The fourth-order valence-corrected chi connectivity index (χ4v) is 3.61. The Bertz CT molecular complexity index is 733. The Hall–Kier alpha value is -1.27. The van der Waals surface area contributed by atoms with E-state index in [9.17, 15) is 8.42 Å². The van der Waals surface area contributed by atoms with E-state index in [1.54, 1.807) is 42.5 Å². The fourth-order valence-electron chi connectivity index (χ4n) is 1.89. The third-order valence-electron chi connectivity index (χ3n) is 3.07. The van der Waals surface area contributed by atoms with Crippen LogP contribution >= 0.6 is 23.2 Å². The van der Waals surface area contributed by atoms with Crippen molar-refractivity contribution in [2.75, 3.05) is 13.2 Å². The maximum atomic E-state index is 12.1. The monoisotopic (exact) mass is 373 g/mol. The van der Waals surface area contributed by atoms with E-state index in [4.69, 9.17) is 27.9 Å². The van der Waals surface area contributed by atoms with E-state index < -0.39 is 10.0 Å². The molecule has 0 heterocycles. The number of hydrogen-bond acceptors (Lipinski definition) is 3. The van der Waals surface area contributed by atoms with Crippen LogP contribution in [0.15, 0.2) is 53.4 Å². The first-order valence-corrected chi connectivity index (χ1v) is 9.35. The number of sulfonamides is 1. The smallest absolute Gasteiger partial charge is 0.242 e. The van der Waals surface area contributed by atoms with Gasteiger partial charge in [-0.05, 0) is 49.2 Å². The highest BCUT2D eigenvalue weighted by Crippen LogP contribution is 2.20. The van der Waals surface area contributed by atoms with Gasteiger partial charge in [0.1, 0.15) is 10.6 Å². The molecule has 0 aliphatic heterocycles. The Morgan fingerprint density at radius 3 is 2.35 bits per heavy atom. The molecular weight excluding hydrogens is 357 g/mol. The molecule has 1 N–H and O–H groups in total. The lowest BCUT2D eigenvalue weighted by Gasteiger charge is -2.09. The predicted octanol–water partition coefficient (Wildman–Crippen LogP) is 4.13. The maximum absolute atomic E-state index is 12.1. The molecular formula is C16H17Cl2NO3S. The molecule has 0 spiro atoms. The maximum Gasteiger partial charge on any atom is 0.242 e. The summed E-state index contributed by atoms with van der Waals surface area (Å²) in [5.41, 5.74) is 0. The summed E-state index contributed by atoms with van der Waals surface area (Å²) in [5, 5.41) is 0.873. The first kappa shape index (κ1) is 18.1. The Balaban J connectivity index is 1.71. The summed E-state index contributed by atoms with van der Waals surface area (Å²) in [6.07, 6.45) is 1.39. The van der Waals surface area contributed by atoms with Gasteiger partial charge < -0.3 is 4.74 Å². The molecule has 124 valence electrons. The molecule has 23 heavy (non-hydrogen) atoms. The van der Waals surface area contributed by atoms with Crippen molar-refractivity contribution in [3.63, 3.8) is 0 Å². The second kappa shape index (κ2) is 8.55. The Morgan fingerprint density at radius 2 is 1.65 bits per heavy atom. The molecule has 0 bridgehead atoms. The van der Waals surface area contributed by atoms with Crippen LogP contribution in [0.25, 0.3) is 0 Å². The Kier molecular flexibility index (Phi) is 6.72. The van der Waals surface area contributed by atoms with Gasteiger partial charge in [-0.2, -0.15) is 0 Å². The predicted molar refractivity (Wildman–Crippen MR) is 92.8 cm³/mol. The lowest BCUT2D eigenvalue weighted by molar-refractivity contribution is 0.307. The van der Waals surface area contributed by atoms with E-state index in [1.165, 1.54) is 6.07 Å². The van der Waals surface area contributed by atoms with Crippen molar-refractivity contribution in [1.82, 2.24) is 4.72 Å². The minimum absolute atomic E-state index is 0.0964. The zero-order chi connectivity index (χ0) is 16.7. The summed E-state index contributed by atoms with van der Waals surface area (Å²) in [6, 6.07) is 13.5. The SMILES string of the molecule is O=S(=O)(NCCCCOc1ccc(Cl)cc1)c1ccccc1Cl. The minimum atomic E-state index is -3.57. The number of nitrogens with one attached hydrogen (secondary N) is 1. The van der Waals surface area contributed by atoms with E-state index in [0.717, 1.165) is 12.2 Å². The average molecular weight is 374 g/mol. The van der Waals surface area contributed by atoms with Gasteiger partial charge in [0.15, 0.2) is 0 Å². The average Bonchev–Trinajstić information content (AvgIpc) is 2.52. The van der Waals surface area contributed by atoms with Gasteiger partial charge in [0.05, 0.1) is 11.6 Å². The summed E-state index contributed by atoms with van der Waals surface area (Å²) in [5.74, 6) is 0.742. The highest BCUT2D eigenvalue weighted by Gasteiger charge is 2.16. The number of ether oxygens (including phenoxy) is 1. The lowest BCUT2D eigenvalue weighted by Crippen LogP contribution is -2.25. The van der Waals surface area contributed by atoms with E-state index >= 15 is 0 Å². The first-order chi connectivity index (χ1) is 11.0. The normalized spacial score (nSPS) is 11.4. The van der Waals surface area contributed by atoms with E-state index in [2.05, 4.69) is 4.72 Å². The van der Waals surface area contributed by atoms with Gasteiger partial charge in [-0.1, -0.05) is 35.3 Å². The van der Waals surface area contributed by atoms with Crippen LogP contribution in [0.4, 0.5) is 0 Å². The fraction of sp³-hybridized carbons (Fsp3) is 0.250. The molecule has 0 saturated heterocycles. The van der Waals surface area contributed by atoms with Gasteiger partial charge in [-0.25, -0.2) is 13.1 Å². The zero-order valence-electron chi connectivity index (χ0n) is 12.3. The highest BCUT2D eigenvalue weighted by molar-refractivity contribution is 7.89. The number of rotatable bonds is 8. The van der Waals surface area contributed by atoms with Crippen LogP contribution in [-0.4, -0.2) is 21.6 Å². The van der Waals surface area contributed by atoms with Crippen molar-refractivity contribution < 1.29 is 13.2 Å². The standard InChI is InChI=1S/C16H17Cl2NO3S/c17-13-7-9-14(10-8-13)22-12-4-3-11-19-23(20,21)16-6-2-1-5-15(16)18/h1-2,5-10,19H,3-4,11-12H2. The van der Waals surface area contributed by atoms with Crippen LogP contribution in [0.5, 0.6) is 5.75 Å². The van der Waals surface area contributed by atoms with Crippen LogP contribution < -0.4 is 9.46 Å². The van der Waals surface area contributed by atoms with Crippen molar-refractivity contribution >= 4 is 33.2 Å². The van der Waals surface area contributed by atoms with Crippen molar-refractivity contribution in [2.24, 2.45) is 0 Å². The highest BCUT2D eigenvalue weighted by atomic mass is 35.5. The summed E-state index contributed by atoms with van der Waals surface area (Å²) >= 11 is 11.7. The van der Waals surface area contributed by atoms with E-state index in [1.807, 2.05) is 0 Å². The lowest BCUT2D eigenvalue weighted by atomic mass is 10.3. The van der Waals surface area contributed by atoms with Crippen LogP contribution in [0.3, 0.4) is 0 Å². The number of halogens is 2. The molecule has 0 atom stereocenters. The van der Waals surface area contributed by atoms with Crippen molar-refractivity contribution in [2.45, 2.75) is 17.7 Å². The zero-order valence-corrected chi connectivity index (χ0v) is 14.7. The van der Waals surface area contributed by atoms with Gasteiger partial charge in [0, 0.05) is 11.6 Å². The molecule has 0 fully saturated rings.